The summed E-state index contributed by atoms with van der Waals surface area (Å²) >= 11 is 0. The van der Waals surface area contributed by atoms with E-state index >= 15 is 0 Å². The van der Waals surface area contributed by atoms with Gasteiger partial charge in [0.2, 0.25) is 0 Å². The van der Waals surface area contributed by atoms with Crippen LogP contribution in [0.15, 0.2) is 84.9 Å². The highest BCUT2D eigenvalue weighted by Crippen LogP contribution is 2.36. The van der Waals surface area contributed by atoms with Gasteiger partial charge >= 0.3 is 12.5 Å². The second-order valence-corrected chi connectivity index (χ2v) is 8.19. The quantitative estimate of drug-likeness (QED) is 0.155. The van der Waals surface area contributed by atoms with Crippen molar-refractivity contribution in [2.45, 2.75) is 39.7 Å². The first-order valence-electron chi connectivity index (χ1n) is 11.6. The lowest BCUT2D eigenvalue weighted by Gasteiger charge is -2.18. The van der Waals surface area contributed by atoms with E-state index in [9.17, 15) is 35.1 Å². The minimum absolute atomic E-state index is 0.151. The molecule has 2 aromatic rings. The summed E-state index contributed by atoms with van der Waals surface area (Å²) in [5.41, 5.74) is -0.501. The maximum atomic E-state index is 14.9. The number of rotatable bonds is 11. The molecular weight excluding hydrogens is 532 g/mol. The van der Waals surface area contributed by atoms with Crippen molar-refractivity contribution in [2.24, 2.45) is 0 Å². The Morgan fingerprint density at radius 3 is 2.08 bits per heavy atom. The molecule has 0 spiro atoms. The molecule has 10 heteroatoms. The summed E-state index contributed by atoms with van der Waals surface area (Å²) in [7, 11) is 0. The fourth-order valence-electron chi connectivity index (χ4n) is 3.33. The lowest BCUT2D eigenvalue weighted by atomic mass is 9.99. The van der Waals surface area contributed by atoms with Crippen molar-refractivity contribution >= 4 is 11.1 Å². The van der Waals surface area contributed by atoms with E-state index in [1.807, 2.05) is 19.1 Å². The van der Waals surface area contributed by atoms with E-state index in [4.69, 9.17) is 0 Å². The van der Waals surface area contributed by atoms with E-state index in [-0.39, 0.29) is 6.42 Å². The summed E-state index contributed by atoms with van der Waals surface area (Å²) in [6.45, 7) is 7.54. The molecular formula is C29H26F8O2. The normalized spacial score (nSPS) is 13.8. The smallest absolute Gasteiger partial charge is 0.406 e. The van der Waals surface area contributed by atoms with Gasteiger partial charge in [-0.2, -0.15) is 8.78 Å². The monoisotopic (exact) mass is 558 g/mol. The largest absolute Gasteiger partial charge is 0.573 e. The molecule has 0 aliphatic rings. The summed E-state index contributed by atoms with van der Waals surface area (Å²) in [4.78, 5) is 0. The second kappa shape index (κ2) is 13.4. The van der Waals surface area contributed by atoms with Crippen LogP contribution in [0.4, 0.5) is 35.1 Å². The van der Waals surface area contributed by atoms with Crippen LogP contribution in [0.2, 0.25) is 0 Å². The molecule has 0 amide bonds. The van der Waals surface area contributed by atoms with Crippen molar-refractivity contribution < 1.29 is 44.6 Å². The fraction of sp³-hybridized carbons (Fsp3) is 0.241. The topological polar surface area (TPSA) is 18.5 Å². The Kier molecular flexibility index (Phi) is 10.9. The Morgan fingerprint density at radius 2 is 1.56 bits per heavy atom. The van der Waals surface area contributed by atoms with Crippen LogP contribution in [-0.2, 0) is 15.6 Å². The Balaban J connectivity index is 2.22. The van der Waals surface area contributed by atoms with Gasteiger partial charge in [-0.3, -0.25) is 0 Å². The lowest BCUT2D eigenvalue weighted by molar-refractivity contribution is -0.303. The van der Waals surface area contributed by atoms with Crippen molar-refractivity contribution in [3.05, 3.63) is 119 Å². The minimum atomic E-state index is -5.00. The molecule has 0 saturated heterocycles. The van der Waals surface area contributed by atoms with E-state index in [2.05, 4.69) is 16.1 Å². The van der Waals surface area contributed by atoms with Gasteiger partial charge in [0.1, 0.15) is 28.8 Å². The molecule has 0 aliphatic heterocycles. The zero-order valence-electron chi connectivity index (χ0n) is 21.3. The highest BCUT2D eigenvalue weighted by Gasteiger charge is 2.39. The third-order valence-corrected chi connectivity index (χ3v) is 5.23. The van der Waals surface area contributed by atoms with Crippen LogP contribution in [0.25, 0.3) is 11.1 Å². The highest BCUT2D eigenvalue weighted by molar-refractivity contribution is 5.82. The number of hydrogen-bond acceptors (Lipinski definition) is 2. The van der Waals surface area contributed by atoms with Crippen LogP contribution >= 0.6 is 0 Å². The third-order valence-electron chi connectivity index (χ3n) is 5.23. The second-order valence-electron chi connectivity index (χ2n) is 8.19. The molecule has 0 saturated carbocycles. The Hall–Kier alpha value is -3.66. The van der Waals surface area contributed by atoms with Gasteiger partial charge in [-0.05, 0) is 67.3 Å². The molecule has 0 aromatic heterocycles. The summed E-state index contributed by atoms with van der Waals surface area (Å²) < 4.78 is 118. The van der Waals surface area contributed by atoms with Crippen LogP contribution in [0.3, 0.4) is 0 Å². The average Bonchev–Trinajstić information content (AvgIpc) is 2.83. The maximum absolute atomic E-state index is 14.9. The lowest BCUT2D eigenvalue weighted by Crippen LogP contribution is -2.22. The van der Waals surface area contributed by atoms with Gasteiger partial charge in [-0.1, -0.05) is 55.5 Å². The molecule has 0 fully saturated rings. The fourth-order valence-corrected chi connectivity index (χ4v) is 3.33. The number of benzene rings is 2. The van der Waals surface area contributed by atoms with Gasteiger partial charge in [0.05, 0.1) is 6.61 Å². The first-order chi connectivity index (χ1) is 18.2. The van der Waals surface area contributed by atoms with Gasteiger partial charge in [0.15, 0.2) is 0 Å². The molecule has 0 atom stereocenters. The van der Waals surface area contributed by atoms with Crippen LogP contribution in [0.1, 0.15) is 42.5 Å². The predicted octanol–water partition coefficient (Wildman–Crippen LogP) is 9.70. The Morgan fingerprint density at radius 1 is 0.974 bits per heavy atom. The number of aryl methyl sites for hydroxylation is 1. The minimum Gasteiger partial charge on any atom is -0.406 e. The number of ether oxygens (including phenoxy) is 2. The molecule has 0 unspecified atom stereocenters. The van der Waals surface area contributed by atoms with E-state index in [1.54, 1.807) is 25.1 Å². The summed E-state index contributed by atoms with van der Waals surface area (Å²) in [5, 5.41) is 0. The molecule has 0 bridgehead atoms. The van der Waals surface area contributed by atoms with Gasteiger partial charge in [-0.25, -0.2) is 13.2 Å². The molecule has 2 nitrogen and oxygen atoms in total. The number of allylic oxidation sites excluding steroid dienone is 7. The first kappa shape index (κ1) is 31.6. The molecule has 0 heterocycles. The highest BCUT2D eigenvalue weighted by atomic mass is 19.4. The van der Waals surface area contributed by atoms with Gasteiger partial charge in [0, 0.05) is 5.57 Å². The average molecular weight is 559 g/mol. The van der Waals surface area contributed by atoms with Crippen LogP contribution < -0.4 is 0 Å². The number of halogens is 8. The Bertz CT molecular complexity index is 1260. The SMILES string of the molecule is C=C(/C(F)=C\C(=C/C)c1ccc(C)cc1)c1cc(F)c(C(F)(F)OC/C=C\C(=C/CC)OC(F)(F)F)c(F)c1. The van der Waals surface area contributed by atoms with Crippen molar-refractivity contribution in [1.29, 1.82) is 0 Å². The van der Waals surface area contributed by atoms with E-state index in [0.717, 1.165) is 29.9 Å². The summed E-state index contributed by atoms with van der Waals surface area (Å²) in [6, 6.07) is 8.12. The van der Waals surface area contributed by atoms with Crippen LogP contribution in [0.5, 0.6) is 0 Å². The maximum Gasteiger partial charge on any atom is 0.573 e. The van der Waals surface area contributed by atoms with E-state index in [0.29, 0.717) is 23.3 Å². The van der Waals surface area contributed by atoms with Gasteiger partial charge in [0.25, 0.3) is 0 Å². The first-order valence-corrected chi connectivity index (χ1v) is 11.6. The van der Waals surface area contributed by atoms with Gasteiger partial charge in [-0.15, -0.1) is 13.2 Å². The third kappa shape index (κ3) is 9.24. The van der Waals surface area contributed by atoms with Crippen LogP contribution in [-0.4, -0.2) is 13.0 Å². The molecule has 210 valence electrons. The Labute approximate surface area is 221 Å². The summed E-state index contributed by atoms with van der Waals surface area (Å²) in [6.07, 6.45) is -4.10. The van der Waals surface area contributed by atoms with E-state index < -0.39 is 59.0 Å². The summed E-state index contributed by atoms with van der Waals surface area (Å²) in [5.74, 6) is -5.08. The molecule has 39 heavy (non-hydrogen) atoms. The van der Waals surface area contributed by atoms with Crippen molar-refractivity contribution in [2.75, 3.05) is 6.61 Å². The molecule has 0 radical (unpaired) electrons. The zero-order valence-corrected chi connectivity index (χ0v) is 21.3. The van der Waals surface area contributed by atoms with Crippen LogP contribution in [0, 0.1) is 18.6 Å². The predicted molar refractivity (Wildman–Crippen MR) is 134 cm³/mol. The van der Waals surface area contributed by atoms with Crippen molar-refractivity contribution in [1.82, 2.24) is 0 Å². The van der Waals surface area contributed by atoms with E-state index in [1.165, 1.54) is 6.92 Å². The number of hydrogen-bond donors (Lipinski definition) is 0. The van der Waals surface area contributed by atoms with Crippen molar-refractivity contribution in [3.8, 4) is 0 Å². The molecule has 0 aliphatic carbocycles. The molecule has 0 N–H and O–H groups in total. The molecule has 2 rings (SSSR count). The number of alkyl halides is 5. The zero-order chi connectivity index (χ0) is 29.4. The molecule has 2 aromatic carbocycles. The standard InChI is InChI=1S/C29H26F8O2/c1-5-8-23(39-29(35,36)37)9-7-14-38-28(33,34)27-25(31)16-22(17-26(27)32)19(4)24(30)15-20(6-2)21-12-10-18(3)11-13-21/h6-13,15-17H,4-5,14H2,1-3H3/b9-7-,20-6+,23-8+,24-15+. The van der Waals surface area contributed by atoms with Gasteiger partial charge < -0.3 is 9.47 Å². The van der Waals surface area contributed by atoms with Crippen molar-refractivity contribution in [3.63, 3.8) is 0 Å².